The van der Waals surface area contributed by atoms with Gasteiger partial charge in [-0.2, -0.15) is 5.10 Å². The lowest BCUT2D eigenvalue weighted by Crippen LogP contribution is -2.26. The molecule has 3 heterocycles. The summed E-state index contributed by atoms with van der Waals surface area (Å²) in [6.45, 7) is 2.79. The van der Waals surface area contributed by atoms with Gasteiger partial charge >= 0.3 is 0 Å². The van der Waals surface area contributed by atoms with Crippen LogP contribution in [0.1, 0.15) is 17.0 Å². The number of rotatable bonds is 3. The lowest BCUT2D eigenvalue weighted by molar-refractivity contribution is -0.122. The molecule has 0 radical (unpaired) electrons. The number of aromatic amines is 1. The predicted molar refractivity (Wildman–Crippen MR) is 98.6 cm³/mol. The van der Waals surface area contributed by atoms with Crippen LogP contribution in [0.4, 0.5) is 0 Å². The zero-order valence-electron chi connectivity index (χ0n) is 14.8. The molecule has 2 aromatic heterocycles. The van der Waals surface area contributed by atoms with Crippen LogP contribution in [0.15, 0.2) is 42.9 Å². The van der Waals surface area contributed by atoms with Gasteiger partial charge in [-0.15, -0.1) is 0 Å². The third kappa shape index (κ3) is 4.00. The molecule has 2 N–H and O–H groups in total. The summed E-state index contributed by atoms with van der Waals surface area (Å²) in [6, 6.07) is 10.5. The van der Waals surface area contributed by atoms with E-state index in [-0.39, 0.29) is 6.47 Å². The van der Waals surface area contributed by atoms with Crippen molar-refractivity contribution in [3.8, 4) is 11.3 Å². The summed E-state index contributed by atoms with van der Waals surface area (Å²) >= 11 is 0. The minimum atomic E-state index is -0.250. The number of nitrogens with zero attached hydrogens (tertiary/aromatic N) is 4. The molecule has 0 aliphatic carbocycles. The summed E-state index contributed by atoms with van der Waals surface area (Å²) in [4.78, 5) is 18.2. The van der Waals surface area contributed by atoms with E-state index in [1.807, 2.05) is 6.20 Å². The molecule has 4 rings (SSSR count). The number of nitrogens with one attached hydrogen (secondary N) is 1. The predicted octanol–water partition coefficient (Wildman–Crippen LogP) is 2.11. The smallest absolute Gasteiger partial charge is 0.290 e. The van der Waals surface area contributed by atoms with E-state index >= 15 is 0 Å². The van der Waals surface area contributed by atoms with Gasteiger partial charge in [-0.25, -0.2) is 4.98 Å². The maximum absolute atomic E-state index is 8.36. The van der Waals surface area contributed by atoms with Crippen LogP contribution in [0.5, 0.6) is 0 Å². The first-order chi connectivity index (χ1) is 12.7. The highest BCUT2D eigenvalue weighted by Gasteiger charge is 2.22. The van der Waals surface area contributed by atoms with Gasteiger partial charge in [0.25, 0.3) is 6.47 Å². The zero-order chi connectivity index (χ0) is 18.4. The van der Waals surface area contributed by atoms with E-state index in [1.54, 1.807) is 6.33 Å². The summed E-state index contributed by atoms with van der Waals surface area (Å²) in [5.74, 6) is 0. The summed E-state index contributed by atoms with van der Waals surface area (Å²) in [7, 11) is 2.07. The Kier molecular flexibility index (Phi) is 5.80. The quantitative estimate of drug-likeness (QED) is 0.704. The molecule has 1 aromatic carbocycles. The summed E-state index contributed by atoms with van der Waals surface area (Å²) < 4.78 is 2.07. The van der Waals surface area contributed by atoms with Crippen LogP contribution in [0.3, 0.4) is 0 Å². The van der Waals surface area contributed by atoms with Gasteiger partial charge in [0, 0.05) is 61.8 Å². The van der Waals surface area contributed by atoms with Gasteiger partial charge < -0.3 is 10.1 Å². The fourth-order valence-electron chi connectivity index (χ4n) is 3.42. The number of carbonyl (C=O) groups is 1. The van der Waals surface area contributed by atoms with Crippen molar-refractivity contribution >= 4 is 6.47 Å². The number of aryl methyl sites for hydroxylation is 1. The SMILES string of the molecule is Cn1nc(-c2ccccc2)c2c1CCN(Cc1cnc[nH]1)CC2.O=CO. The maximum atomic E-state index is 8.36. The Morgan fingerprint density at radius 1 is 1.23 bits per heavy atom. The Bertz CT molecular complexity index is 827. The molecule has 1 aliphatic rings. The molecule has 0 bridgehead atoms. The van der Waals surface area contributed by atoms with Gasteiger partial charge in [0.15, 0.2) is 0 Å². The molecule has 0 spiro atoms. The molecule has 26 heavy (non-hydrogen) atoms. The molecule has 136 valence electrons. The molecule has 0 atom stereocenters. The second kappa shape index (κ2) is 8.44. The fourth-order valence-corrected chi connectivity index (χ4v) is 3.42. The molecule has 0 saturated heterocycles. The first-order valence-corrected chi connectivity index (χ1v) is 8.60. The van der Waals surface area contributed by atoms with Crippen LogP contribution in [0.2, 0.25) is 0 Å². The highest BCUT2D eigenvalue weighted by Crippen LogP contribution is 2.28. The standard InChI is InChI=1S/C18H21N5.CH2O2/c1-22-17-8-10-23(12-15-11-19-13-20-15)9-7-16(17)18(21-22)14-5-3-2-4-6-14;2-1-3/h2-6,11,13H,7-10,12H2,1H3,(H,19,20);1H,(H,2,3). The molecular weight excluding hydrogens is 330 g/mol. The maximum Gasteiger partial charge on any atom is 0.290 e. The van der Waals surface area contributed by atoms with Crippen molar-refractivity contribution in [1.82, 2.24) is 24.6 Å². The van der Waals surface area contributed by atoms with Gasteiger partial charge in [-0.05, 0) is 6.42 Å². The van der Waals surface area contributed by atoms with Crippen molar-refractivity contribution in [3.63, 3.8) is 0 Å². The minimum absolute atomic E-state index is 0.250. The van der Waals surface area contributed by atoms with Crippen LogP contribution in [-0.2, 0) is 31.2 Å². The summed E-state index contributed by atoms with van der Waals surface area (Å²) in [5, 5.41) is 11.7. The fraction of sp³-hybridized carbons (Fsp3) is 0.316. The topological polar surface area (TPSA) is 87.0 Å². The van der Waals surface area contributed by atoms with Crippen molar-refractivity contribution in [2.75, 3.05) is 13.1 Å². The highest BCUT2D eigenvalue weighted by atomic mass is 16.3. The first kappa shape index (κ1) is 17.9. The van der Waals surface area contributed by atoms with E-state index in [9.17, 15) is 0 Å². The second-order valence-electron chi connectivity index (χ2n) is 6.22. The summed E-state index contributed by atoms with van der Waals surface area (Å²) in [5.41, 5.74) is 6.32. The average molecular weight is 353 g/mol. The van der Waals surface area contributed by atoms with Crippen molar-refractivity contribution in [2.45, 2.75) is 19.4 Å². The second-order valence-corrected chi connectivity index (χ2v) is 6.22. The Morgan fingerprint density at radius 3 is 2.65 bits per heavy atom. The van der Waals surface area contributed by atoms with E-state index in [0.717, 1.165) is 38.2 Å². The van der Waals surface area contributed by atoms with E-state index in [4.69, 9.17) is 15.0 Å². The third-order valence-electron chi connectivity index (χ3n) is 4.61. The number of benzene rings is 1. The third-order valence-corrected chi connectivity index (χ3v) is 4.61. The normalized spacial score (nSPS) is 14.0. The van der Waals surface area contributed by atoms with Crippen LogP contribution >= 0.6 is 0 Å². The van der Waals surface area contributed by atoms with Crippen LogP contribution in [0, 0.1) is 0 Å². The van der Waals surface area contributed by atoms with Gasteiger partial charge in [-0.1, -0.05) is 30.3 Å². The molecule has 0 saturated carbocycles. The Labute approximate surface area is 152 Å². The van der Waals surface area contributed by atoms with Crippen molar-refractivity contribution in [2.24, 2.45) is 7.05 Å². The van der Waals surface area contributed by atoms with Gasteiger partial charge in [0.2, 0.25) is 0 Å². The highest BCUT2D eigenvalue weighted by molar-refractivity contribution is 5.64. The van der Waals surface area contributed by atoms with Crippen LogP contribution in [0.25, 0.3) is 11.3 Å². The number of imidazole rings is 1. The molecule has 0 fully saturated rings. The molecule has 0 unspecified atom stereocenters. The monoisotopic (exact) mass is 353 g/mol. The van der Waals surface area contributed by atoms with Crippen molar-refractivity contribution < 1.29 is 9.90 Å². The average Bonchev–Trinajstić information content (AvgIpc) is 3.21. The van der Waals surface area contributed by atoms with Crippen LogP contribution < -0.4 is 0 Å². The Hall–Kier alpha value is -2.93. The molecular formula is C19H23N5O2. The summed E-state index contributed by atoms with van der Waals surface area (Å²) in [6.07, 6.45) is 5.75. The minimum Gasteiger partial charge on any atom is -0.483 e. The van der Waals surface area contributed by atoms with Crippen molar-refractivity contribution in [3.05, 3.63) is 59.8 Å². The largest absolute Gasteiger partial charge is 0.483 e. The molecule has 7 nitrogen and oxygen atoms in total. The number of H-pyrrole nitrogens is 1. The van der Waals surface area contributed by atoms with E-state index in [0.29, 0.717) is 0 Å². The number of hydrogen-bond donors (Lipinski definition) is 2. The molecule has 1 aliphatic heterocycles. The molecule has 7 heteroatoms. The number of hydrogen-bond acceptors (Lipinski definition) is 4. The van der Waals surface area contributed by atoms with E-state index in [1.165, 1.54) is 22.5 Å². The van der Waals surface area contributed by atoms with Gasteiger partial charge in [0.05, 0.1) is 12.0 Å². The van der Waals surface area contributed by atoms with Gasteiger partial charge in [0.1, 0.15) is 0 Å². The zero-order valence-corrected chi connectivity index (χ0v) is 14.8. The first-order valence-electron chi connectivity index (χ1n) is 8.60. The lowest BCUT2D eigenvalue weighted by atomic mass is 10.0. The van der Waals surface area contributed by atoms with Crippen LogP contribution in [-0.4, -0.2) is 49.3 Å². The molecule has 0 amide bonds. The molecule has 3 aromatic rings. The lowest BCUT2D eigenvalue weighted by Gasteiger charge is -2.18. The number of fused-ring (bicyclic) bond motifs is 1. The van der Waals surface area contributed by atoms with Gasteiger partial charge in [-0.3, -0.25) is 14.4 Å². The number of aromatic nitrogens is 4. The Morgan fingerprint density at radius 2 is 1.96 bits per heavy atom. The number of carboxylic acid groups (broad SMARTS) is 1. The van der Waals surface area contributed by atoms with Crippen molar-refractivity contribution in [1.29, 1.82) is 0 Å². The van der Waals surface area contributed by atoms with E-state index in [2.05, 4.69) is 56.9 Å². The Balaban J connectivity index is 0.000000613. The van der Waals surface area contributed by atoms with E-state index < -0.39 is 0 Å².